The highest BCUT2D eigenvalue weighted by atomic mass is 15.2. The molecule has 0 radical (unpaired) electrons. The molecule has 4 heterocycles. The van der Waals surface area contributed by atoms with Crippen molar-refractivity contribution in [3.05, 3.63) is 54.7 Å². The van der Waals surface area contributed by atoms with Crippen LogP contribution in [0.3, 0.4) is 0 Å². The van der Waals surface area contributed by atoms with E-state index in [1.165, 1.54) is 30.3 Å². The molecule has 0 amide bonds. The molecule has 5 atom stereocenters. The number of pyridine rings is 1. The third kappa shape index (κ3) is 2.16. The second-order valence-corrected chi connectivity index (χ2v) is 6.69. The monoisotopic (exact) mass is 293 g/mol. The maximum atomic E-state index is 6.71. The molecule has 1 aromatic carbocycles. The first kappa shape index (κ1) is 13.9. The molecule has 3 fully saturated rings. The van der Waals surface area contributed by atoms with E-state index in [1.807, 2.05) is 12.3 Å². The van der Waals surface area contributed by atoms with E-state index in [2.05, 4.69) is 46.8 Å². The Kier molecular flexibility index (Phi) is 3.47. The zero-order valence-corrected chi connectivity index (χ0v) is 12.9. The lowest BCUT2D eigenvalue weighted by molar-refractivity contribution is 0.00749. The molecule has 3 saturated heterocycles. The van der Waals surface area contributed by atoms with Gasteiger partial charge in [-0.05, 0) is 48.9 Å². The molecule has 2 aromatic rings. The van der Waals surface area contributed by atoms with Gasteiger partial charge in [0.15, 0.2) is 0 Å². The molecule has 3 aliphatic heterocycles. The van der Waals surface area contributed by atoms with Crippen molar-refractivity contribution in [1.82, 2.24) is 9.88 Å². The summed E-state index contributed by atoms with van der Waals surface area (Å²) in [5, 5.41) is 1.19. The lowest BCUT2D eigenvalue weighted by Gasteiger charge is -2.51. The number of piperidine rings is 3. The number of hydrogen-bond donors (Lipinski definition) is 1. The van der Waals surface area contributed by atoms with Crippen LogP contribution < -0.4 is 5.73 Å². The van der Waals surface area contributed by atoms with Crippen molar-refractivity contribution in [2.45, 2.75) is 24.9 Å². The van der Waals surface area contributed by atoms with Crippen LogP contribution in [0.4, 0.5) is 0 Å². The lowest BCUT2D eigenvalue weighted by Crippen LogP contribution is -2.56. The molecule has 0 saturated carbocycles. The van der Waals surface area contributed by atoms with Gasteiger partial charge >= 0.3 is 0 Å². The van der Waals surface area contributed by atoms with Crippen LogP contribution in [0.5, 0.6) is 0 Å². The molecular weight excluding hydrogens is 270 g/mol. The Hall–Kier alpha value is -1.71. The van der Waals surface area contributed by atoms with E-state index in [0.717, 1.165) is 18.0 Å². The van der Waals surface area contributed by atoms with Crippen molar-refractivity contribution in [2.24, 2.45) is 17.6 Å². The SMILES string of the molecule is C=CC1CN2CCC1C[C@H]2C(N)c1ccnc2ccccc12. The van der Waals surface area contributed by atoms with Gasteiger partial charge < -0.3 is 5.73 Å². The predicted octanol–water partition coefficient (Wildman–Crippen LogP) is 3.13. The minimum absolute atomic E-state index is 0.0569. The fourth-order valence-electron chi connectivity index (χ4n) is 4.37. The third-order valence-electron chi connectivity index (χ3n) is 5.61. The van der Waals surface area contributed by atoms with E-state index in [9.17, 15) is 0 Å². The summed E-state index contributed by atoms with van der Waals surface area (Å²) in [6.07, 6.45) is 6.51. The van der Waals surface area contributed by atoms with Crippen molar-refractivity contribution < 1.29 is 0 Å². The first-order chi connectivity index (χ1) is 10.8. The highest BCUT2D eigenvalue weighted by molar-refractivity contribution is 5.82. The minimum Gasteiger partial charge on any atom is -0.323 e. The Morgan fingerprint density at radius 2 is 2.18 bits per heavy atom. The van der Waals surface area contributed by atoms with Gasteiger partial charge in [-0.3, -0.25) is 9.88 Å². The number of nitrogens with zero attached hydrogens (tertiary/aromatic N) is 2. The summed E-state index contributed by atoms with van der Waals surface area (Å²) in [6, 6.07) is 10.9. The molecular formula is C19H23N3. The van der Waals surface area contributed by atoms with Gasteiger partial charge in [-0.15, -0.1) is 6.58 Å². The van der Waals surface area contributed by atoms with Crippen molar-refractivity contribution >= 4 is 10.9 Å². The van der Waals surface area contributed by atoms with Gasteiger partial charge in [0.2, 0.25) is 0 Å². The maximum Gasteiger partial charge on any atom is 0.0705 e. The van der Waals surface area contributed by atoms with Gasteiger partial charge in [-0.2, -0.15) is 0 Å². The Bertz CT molecular complexity index is 691. The van der Waals surface area contributed by atoms with E-state index in [1.54, 1.807) is 0 Å². The molecule has 2 N–H and O–H groups in total. The predicted molar refractivity (Wildman–Crippen MR) is 90.4 cm³/mol. The van der Waals surface area contributed by atoms with Crippen LogP contribution in [-0.4, -0.2) is 29.0 Å². The quantitative estimate of drug-likeness (QED) is 0.884. The number of benzene rings is 1. The number of hydrogen-bond acceptors (Lipinski definition) is 3. The largest absolute Gasteiger partial charge is 0.323 e. The van der Waals surface area contributed by atoms with E-state index < -0.39 is 0 Å². The molecule has 3 aliphatic rings. The Morgan fingerprint density at radius 1 is 1.32 bits per heavy atom. The number of rotatable bonds is 3. The summed E-state index contributed by atoms with van der Waals surface area (Å²) >= 11 is 0. The van der Waals surface area contributed by atoms with Gasteiger partial charge in [0.05, 0.1) is 5.52 Å². The Balaban J connectivity index is 1.67. The van der Waals surface area contributed by atoms with Gasteiger partial charge in [0.25, 0.3) is 0 Å². The first-order valence-corrected chi connectivity index (χ1v) is 8.24. The summed E-state index contributed by atoms with van der Waals surface area (Å²) in [5.41, 5.74) is 8.99. The van der Waals surface area contributed by atoms with E-state index >= 15 is 0 Å². The Morgan fingerprint density at radius 3 is 2.95 bits per heavy atom. The van der Waals surface area contributed by atoms with Crippen molar-refractivity contribution in [3.8, 4) is 0 Å². The topological polar surface area (TPSA) is 42.1 Å². The number of para-hydroxylation sites is 1. The second-order valence-electron chi connectivity index (χ2n) is 6.69. The summed E-state index contributed by atoms with van der Waals surface area (Å²) in [7, 11) is 0. The molecule has 3 nitrogen and oxygen atoms in total. The average molecular weight is 293 g/mol. The van der Waals surface area contributed by atoms with Crippen LogP contribution in [-0.2, 0) is 0 Å². The van der Waals surface area contributed by atoms with Crippen LogP contribution >= 0.6 is 0 Å². The summed E-state index contributed by atoms with van der Waals surface area (Å²) in [4.78, 5) is 7.04. The van der Waals surface area contributed by atoms with E-state index in [0.29, 0.717) is 12.0 Å². The molecule has 114 valence electrons. The summed E-state index contributed by atoms with van der Waals surface area (Å²) < 4.78 is 0. The van der Waals surface area contributed by atoms with Gasteiger partial charge in [0.1, 0.15) is 0 Å². The first-order valence-electron chi connectivity index (χ1n) is 8.24. The zero-order chi connectivity index (χ0) is 15.1. The van der Waals surface area contributed by atoms with Crippen molar-refractivity contribution in [3.63, 3.8) is 0 Å². The van der Waals surface area contributed by atoms with E-state index in [-0.39, 0.29) is 6.04 Å². The maximum absolute atomic E-state index is 6.71. The fraction of sp³-hybridized carbons (Fsp3) is 0.421. The molecule has 4 unspecified atom stereocenters. The standard InChI is InChI=1S/C19H23N3/c1-2-13-12-22-10-8-14(13)11-18(22)19(20)16-7-9-21-17-6-4-3-5-15(16)17/h2-7,9,13-14,18-19H,1,8,10-12,20H2/t13?,14?,18-,19?/m0/s1. The molecule has 1 aromatic heterocycles. The highest BCUT2D eigenvalue weighted by Gasteiger charge is 2.41. The molecule has 3 heteroatoms. The highest BCUT2D eigenvalue weighted by Crippen LogP contribution is 2.41. The molecule has 2 bridgehead atoms. The third-order valence-corrected chi connectivity index (χ3v) is 5.61. The minimum atomic E-state index is 0.0569. The van der Waals surface area contributed by atoms with Gasteiger partial charge in [-0.25, -0.2) is 0 Å². The molecule has 0 aliphatic carbocycles. The smallest absolute Gasteiger partial charge is 0.0705 e. The normalized spacial score (nSPS) is 32.0. The molecule has 0 spiro atoms. The summed E-state index contributed by atoms with van der Waals surface area (Å²) in [6.45, 7) is 6.30. The number of nitrogens with two attached hydrogens (primary N) is 1. The molecule has 5 rings (SSSR count). The lowest BCUT2D eigenvalue weighted by atomic mass is 9.73. The molecule has 22 heavy (non-hydrogen) atoms. The Labute approximate surface area is 131 Å². The summed E-state index contributed by atoms with van der Waals surface area (Å²) in [5.74, 6) is 1.40. The van der Waals surface area contributed by atoms with Crippen LogP contribution in [0.25, 0.3) is 10.9 Å². The van der Waals surface area contributed by atoms with Crippen LogP contribution in [0.2, 0.25) is 0 Å². The van der Waals surface area contributed by atoms with Crippen LogP contribution in [0.1, 0.15) is 24.4 Å². The van der Waals surface area contributed by atoms with Crippen molar-refractivity contribution in [1.29, 1.82) is 0 Å². The van der Waals surface area contributed by atoms with Crippen LogP contribution in [0.15, 0.2) is 49.2 Å². The van der Waals surface area contributed by atoms with Gasteiger partial charge in [-0.1, -0.05) is 24.3 Å². The average Bonchev–Trinajstić information content (AvgIpc) is 2.60. The number of fused-ring (bicyclic) bond motifs is 4. The second kappa shape index (κ2) is 5.49. The number of aromatic nitrogens is 1. The van der Waals surface area contributed by atoms with E-state index in [4.69, 9.17) is 5.73 Å². The van der Waals surface area contributed by atoms with Crippen molar-refractivity contribution in [2.75, 3.05) is 13.1 Å². The van der Waals surface area contributed by atoms with Gasteiger partial charge in [0, 0.05) is 30.2 Å². The fourth-order valence-corrected chi connectivity index (χ4v) is 4.37. The van der Waals surface area contributed by atoms with Crippen LogP contribution in [0, 0.1) is 11.8 Å². The zero-order valence-electron chi connectivity index (χ0n) is 12.9.